The largest absolute Gasteiger partial charge is 0.507 e. The summed E-state index contributed by atoms with van der Waals surface area (Å²) in [6, 6.07) is 4.09. The van der Waals surface area contributed by atoms with E-state index in [0.29, 0.717) is 31.1 Å². The number of likely N-dealkylation sites (tertiary alicyclic amines) is 1. The van der Waals surface area contributed by atoms with Crippen molar-refractivity contribution in [2.45, 2.75) is 24.6 Å². The lowest BCUT2D eigenvalue weighted by Gasteiger charge is -2.31. The number of phenols is 1. The summed E-state index contributed by atoms with van der Waals surface area (Å²) in [5.41, 5.74) is -0.505. The number of amides is 2. The number of nitrogens with zero attached hydrogens (tertiary/aromatic N) is 2. The molecule has 3 aliphatic rings. The van der Waals surface area contributed by atoms with Gasteiger partial charge < -0.3 is 19.6 Å². The Morgan fingerprint density at radius 1 is 1.41 bits per heavy atom. The average molecular weight is 323 g/mol. The first-order valence-electron chi connectivity index (χ1n) is 7.27. The second-order valence-electron chi connectivity index (χ2n) is 5.87. The molecule has 0 radical (unpaired) electrons. The minimum absolute atomic E-state index is 0.0234. The molecular formula is C15H15ClN2O4. The lowest BCUT2D eigenvalue weighted by Crippen LogP contribution is -2.48. The Bertz CT molecular complexity index is 680. The lowest BCUT2D eigenvalue weighted by molar-refractivity contribution is -0.136. The van der Waals surface area contributed by atoms with E-state index >= 15 is 0 Å². The molecule has 3 heterocycles. The Morgan fingerprint density at radius 2 is 2.23 bits per heavy atom. The molecule has 1 spiro atoms. The van der Waals surface area contributed by atoms with Crippen molar-refractivity contribution in [3.05, 3.63) is 28.8 Å². The van der Waals surface area contributed by atoms with Gasteiger partial charge in [-0.3, -0.25) is 9.59 Å². The predicted molar refractivity (Wildman–Crippen MR) is 77.6 cm³/mol. The van der Waals surface area contributed by atoms with E-state index in [1.807, 2.05) is 0 Å². The SMILES string of the molecule is O=C(c1cc(Cl)ccc1O)N1CC[C@@]23OCCN2C(=O)C[C@@H]13. The average Bonchev–Trinajstić information content (AvgIpc) is 3.12. The summed E-state index contributed by atoms with van der Waals surface area (Å²) in [4.78, 5) is 28.3. The van der Waals surface area contributed by atoms with Crippen LogP contribution in [0.5, 0.6) is 5.75 Å². The Hall–Kier alpha value is -1.79. The number of ether oxygens (including phenoxy) is 1. The molecule has 2 atom stereocenters. The van der Waals surface area contributed by atoms with Crippen molar-refractivity contribution < 1.29 is 19.4 Å². The predicted octanol–water partition coefficient (Wildman–Crippen LogP) is 1.22. The highest BCUT2D eigenvalue weighted by Gasteiger charge is 2.62. The Morgan fingerprint density at radius 3 is 3.05 bits per heavy atom. The molecule has 3 fully saturated rings. The van der Waals surface area contributed by atoms with Gasteiger partial charge in [0.15, 0.2) is 5.72 Å². The molecule has 116 valence electrons. The van der Waals surface area contributed by atoms with E-state index in [4.69, 9.17) is 16.3 Å². The van der Waals surface area contributed by atoms with Crippen LogP contribution in [0, 0.1) is 0 Å². The first kappa shape index (κ1) is 13.8. The molecule has 1 aromatic carbocycles. The van der Waals surface area contributed by atoms with Crippen molar-refractivity contribution in [3.8, 4) is 5.75 Å². The molecule has 3 saturated heterocycles. The van der Waals surface area contributed by atoms with E-state index in [2.05, 4.69) is 0 Å². The summed E-state index contributed by atoms with van der Waals surface area (Å²) in [5.74, 6) is -0.397. The van der Waals surface area contributed by atoms with Crippen LogP contribution in [0.1, 0.15) is 23.2 Å². The summed E-state index contributed by atoms with van der Waals surface area (Å²) >= 11 is 5.92. The zero-order valence-corrected chi connectivity index (χ0v) is 12.5. The van der Waals surface area contributed by atoms with Gasteiger partial charge in [-0.2, -0.15) is 0 Å². The second kappa shape index (κ2) is 4.60. The normalized spacial score (nSPS) is 29.9. The molecule has 7 heteroatoms. The van der Waals surface area contributed by atoms with Crippen molar-refractivity contribution >= 4 is 23.4 Å². The third-order valence-electron chi connectivity index (χ3n) is 4.85. The Kier molecular flexibility index (Phi) is 2.90. The summed E-state index contributed by atoms with van der Waals surface area (Å²) in [7, 11) is 0. The minimum atomic E-state index is -0.666. The van der Waals surface area contributed by atoms with Gasteiger partial charge >= 0.3 is 0 Å². The maximum absolute atomic E-state index is 12.8. The van der Waals surface area contributed by atoms with Crippen LogP contribution >= 0.6 is 11.6 Å². The summed E-state index contributed by atoms with van der Waals surface area (Å²) in [6.45, 7) is 1.59. The topological polar surface area (TPSA) is 70.1 Å². The van der Waals surface area contributed by atoms with Gasteiger partial charge in [0, 0.05) is 24.5 Å². The van der Waals surface area contributed by atoms with Crippen LogP contribution in [0.15, 0.2) is 18.2 Å². The molecular weight excluding hydrogens is 308 g/mol. The van der Waals surface area contributed by atoms with E-state index in [1.54, 1.807) is 9.80 Å². The number of hydrogen-bond donors (Lipinski definition) is 1. The molecule has 0 bridgehead atoms. The van der Waals surface area contributed by atoms with Crippen LogP contribution < -0.4 is 0 Å². The summed E-state index contributed by atoms with van der Waals surface area (Å²) < 4.78 is 5.85. The molecule has 0 saturated carbocycles. The molecule has 0 unspecified atom stereocenters. The number of hydrogen-bond acceptors (Lipinski definition) is 4. The van der Waals surface area contributed by atoms with E-state index in [1.165, 1.54) is 18.2 Å². The molecule has 22 heavy (non-hydrogen) atoms. The first-order chi connectivity index (χ1) is 10.5. The van der Waals surface area contributed by atoms with Crippen LogP contribution in [-0.2, 0) is 9.53 Å². The van der Waals surface area contributed by atoms with Crippen LogP contribution in [0.2, 0.25) is 5.02 Å². The van der Waals surface area contributed by atoms with Gasteiger partial charge in [0.2, 0.25) is 5.91 Å². The third kappa shape index (κ3) is 1.71. The smallest absolute Gasteiger partial charge is 0.258 e. The highest BCUT2D eigenvalue weighted by molar-refractivity contribution is 6.31. The molecule has 2 amide bonds. The standard InChI is InChI=1S/C15H15ClN2O4/c16-9-1-2-11(19)10(7-9)14(21)17-4-3-15-12(17)8-13(20)18(15)5-6-22-15/h1-2,7,12,19H,3-6,8H2/t12-,15+/m1/s1. The van der Waals surface area contributed by atoms with Crippen molar-refractivity contribution in [2.75, 3.05) is 19.7 Å². The maximum atomic E-state index is 12.8. The van der Waals surface area contributed by atoms with Gasteiger partial charge in [-0.25, -0.2) is 0 Å². The first-order valence-corrected chi connectivity index (χ1v) is 7.65. The molecule has 4 rings (SSSR count). The number of carbonyl (C=O) groups is 2. The van der Waals surface area contributed by atoms with Gasteiger partial charge in [0.1, 0.15) is 5.75 Å². The van der Waals surface area contributed by atoms with Gasteiger partial charge in [-0.1, -0.05) is 11.6 Å². The molecule has 0 aromatic heterocycles. The Labute approximate surface area is 132 Å². The van der Waals surface area contributed by atoms with Crippen LogP contribution in [0.4, 0.5) is 0 Å². The van der Waals surface area contributed by atoms with E-state index in [0.717, 1.165) is 0 Å². The molecule has 1 N–H and O–H groups in total. The number of carbonyl (C=O) groups excluding carboxylic acids is 2. The van der Waals surface area contributed by atoms with Crippen molar-refractivity contribution in [1.29, 1.82) is 0 Å². The number of rotatable bonds is 1. The summed E-state index contributed by atoms with van der Waals surface area (Å²) in [5, 5.41) is 10.3. The van der Waals surface area contributed by atoms with Crippen LogP contribution in [0.3, 0.4) is 0 Å². The minimum Gasteiger partial charge on any atom is -0.507 e. The van der Waals surface area contributed by atoms with Crippen LogP contribution in [0.25, 0.3) is 0 Å². The highest BCUT2D eigenvalue weighted by Crippen LogP contribution is 2.46. The van der Waals surface area contributed by atoms with Crippen molar-refractivity contribution in [1.82, 2.24) is 9.80 Å². The third-order valence-corrected chi connectivity index (χ3v) is 5.09. The highest BCUT2D eigenvalue weighted by atomic mass is 35.5. The van der Waals surface area contributed by atoms with Crippen molar-refractivity contribution in [3.63, 3.8) is 0 Å². The quantitative estimate of drug-likeness (QED) is 0.844. The number of aromatic hydroxyl groups is 1. The van der Waals surface area contributed by atoms with Gasteiger partial charge in [-0.15, -0.1) is 0 Å². The van der Waals surface area contributed by atoms with E-state index in [9.17, 15) is 14.7 Å². The fourth-order valence-corrected chi connectivity index (χ4v) is 4.04. The van der Waals surface area contributed by atoms with Crippen LogP contribution in [-0.4, -0.2) is 58.2 Å². The fourth-order valence-electron chi connectivity index (χ4n) is 3.87. The summed E-state index contributed by atoms with van der Waals surface area (Å²) in [6.07, 6.45) is 0.879. The molecule has 6 nitrogen and oxygen atoms in total. The van der Waals surface area contributed by atoms with Gasteiger partial charge in [0.05, 0.1) is 24.6 Å². The van der Waals surface area contributed by atoms with Gasteiger partial charge in [-0.05, 0) is 18.2 Å². The fraction of sp³-hybridized carbons (Fsp3) is 0.467. The monoisotopic (exact) mass is 322 g/mol. The second-order valence-corrected chi connectivity index (χ2v) is 6.31. The van der Waals surface area contributed by atoms with Gasteiger partial charge in [0.25, 0.3) is 5.91 Å². The Balaban J connectivity index is 1.68. The lowest BCUT2D eigenvalue weighted by atomic mass is 10.1. The van der Waals surface area contributed by atoms with Crippen molar-refractivity contribution in [2.24, 2.45) is 0 Å². The maximum Gasteiger partial charge on any atom is 0.258 e. The molecule has 0 aliphatic carbocycles. The van der Waals surface area contributed by atoms with E-state index < -0.39 is 5.72 Å². The van der Waals surface area contributed by atoms with E-state index in [-0.39, 0.29) is 35.6 Å². The number of halogens is 1. The number of benzene rings is 1. The number of phenolic OH excluding ortho intramolecular Hbond substituents is 1. The zero-order valence-electron chi connectivity index (χ0n) is 11.8. The molecule has 1 aromatic rings. The zero-order chi connectivity index (χ0) is 15.5. The molecule has 3 aliphatic heterocycles.